The van der Waals surface area contributed by atoms with Gasteiger partial charge in [-0.3, -0.25) is 4.79 Å². The van der Waals surface area contributed by atoms with Gasteiger partial charge in [0.2, 0.25) is 0 Å². The van der Waals surface area contributed by atoms with Gasteiger partial charge in [0.25, 0.3) is 0 Å². The Balaban J connectivity index is 2.17. The Morgan fingerprint density at radius 2 is 2.50 bits per heavy atom. The normalized spacial score (nSPS) is 27.9. The molecule has 2 rings (SSSR count). The molecular formula is C10H15N3O. The fourth-order valence-corrected chi connectivity index (χ4v) is 2.22. The highest BCUT2D eigenvalue weighted by Crippen LogP contribution is 2.33. The van der Waals surface area contributed by atoms with Gasteiger partial charge in [0.1, 0.15) is 5.78 Å². The maximum atomic E-state index is 11.4. The fourth-order valence-electron chi connectivity index (χ4n) is 2.22. The number of hydrogen-bond acceptors (Lipinski definition) is 3. The summed E-state index contributed by atoms with van der Waals surface area (Å²) in [5.41, 5.74) is 0. The van der Waals surface area contributed by atoms with E-state index in [1.54, 1.807) is 6.20 Å². The summed E-state index contributed by atoms with van der Waals surface area (Å²) in [6.07, 6.45) is 7.00. The van der Waals surface area contributed by atoms with Gasteiger partial charge in [0, 0.05) is 19.0 Å². The predicted molar refractivity (Wildman–Crippen MR) is 51.7 cm³/mol. The van der Waals surface area contributed by atoms with Gasteiger partial charge in [-0.05, 0) is 12.3 Å². The number of aromatic nitrogens is 3. The molecule has 2 unspecified atom stereocenters. The minimum absolute atomic E-state index is 0.240. The maximum Gasteiger partial charge on any atom is 0.135 e. The quantitative estimate of drug-likeness (QED) is 0.716. The minimum Gasteiger partial charge on any atom is -0.300 e. The van der Waals surface area contributed by atoms with E-state index in [0.717, 1.165) is 19.3 Å². The Morgan fingerprint density at radius 3 is 3.14 bits per heavy atom. The molecule has 2 atom stereocenters. The van der Waals surface area contributed by atoms with Crippen molar-refractivity contribution in [3.63, 3.8) is 0 Å². The van der Waals surface area contributed by atoms with Gasteiger partial charge in [-0.2, -0.15) is 0 Å². The van der Waals surface area contributed by atoms with Crippen LogP contribution in [0.4, 0.5) is 0 Å². The van der Waals surface area contributed by atoms with Crippen LogP contribution in [0.25, 0.3) is 0 Å². The van der Waals surface area contributed by atoms with E-state index in [2.05, 4.69) is 17.2 Å². The van der Waals surface area contributed by atoms with E-state index in [4.69, 9.17) is 0 Å². The van der Waals surface area contributed by atoms with Crippen LogP contribution in [0.3, 0.4) is 0 Å². The molecule has 1 fully saturated rings. The van der Waals surface area contributed by atoms with Crippen molar-refractivity contribution >= 4 is 5.78 Å². The molecule has 14 heavy (non-hydrogen) atoms. The summed E-state index contributed by atoms with van der Waals surface area (Å²) >= 11 is 0. The molecule has 0 spiro atoms. The van der Waals surface area contributed by atoms with Crippen LogP contribution in [0, 0.1) is 5.92 Å². The van der Waals surface area contributed by atoms with E-state index in [1.165, 1.54) is 0 Å². The van der Waals surface area contributed by atoms with E-state index in [1.807, 2.05) is 10.9 Å². The zero-order chi connectivity index (χ0) is 9.97. The number of hydrogen-bond donors (Lipinski definition) is 0. The molecule has 0 aromatic carbocycles. The third kappa shape index (κ3) is 1.69. The first kappa shape index (κ1) is 9.37. The predicted octanol–water partition coefficient (Wildman–Crippen LogP) is 1.60. The summed E-state index contributed by atoms with van der Waals surface area (Å²) in [5, 5.41) is 7.78. The molecule has 1 aliphatic rings. The fraction of sp³-hybridized carbons (Fsp3) is 0.700. The largest absolute Gasteiger partial charge is 0.300 e. The molecule has 0 radical (unpaired) electrons. The maximum absolute atomic E-state index is 11.4. The van der Waals surface area contributed by atoms with Crippen LogP contribution in [-0.2, 0) is 4.79 Å². The van der Waals surface area contributed by atoms with Crippen molar-refractivity contribution in [1.29, 1.82) is 0 Å². The first-order valence-corrected chi connectivity index (χ1v) is 5.18. The molecule has 0 N–H and O–H groups in total. The van der Waals surface area contributed by atoms with Gasteiger partial charge in [-0.15, -0.1) is 5.10 Å². The van der Waals surface area contributed by atoms with Crippen molar-refractivity contribution in [2.24, 2.45) is 5.92 Å². The topological polar surface area (TPSA) is 47.8 Å². The molecule has 1 heterocycles. The Labute approximate surface area is 83.3 Å². The minimum atomic E-state index is 0.240. The molecule has 76 valence electrons. The van der Waals surface area contributed by atoms with Gasteiger partial charge in [0.05, 0.1) is 12.2 Å². The third-order valence-electron chi connectivity index (χ3n) is 3.08. The number of Topliss-reactive ketones (excluding diaryl/α,β-unsaturated/α-hetero) is 1. The Morgan fingerprint density at radius 1 is 1.64 bits per heavy atom. The zero-order valence-electron chi connectivity index (χ0n) is 8.39. The molecule has 4 heteroatoms. The number of rotatable bonds is 2. The molecule has 0 saturated heterocycles. The van der Waals surface area contributed by atoms with Gasteiger partial charge < -0.3 is 0 Å². The summed E-state index contributed by atoms with van der Waals surface area (Å²) in [4.78, 5) is 11.4. The zero-order valence-corrected chi connectivity index (χ0v) is 8.39. The Bertz CT molecular complexity index is 307. The second-order valence-corrected chi connectivity index (χ2v) is 3.90. The van der Waals surface area contributed by atoms with E-state index in [0.29, 0.717) is 18.1 Å². The molecular weight excluding hydrogens is 178 g/mol. The highest BCUT2D eigenvalue weighted by atomic mass is 16.1. The molecule has 0 aliphatic heterocycles. The molecule has 0 bridgehead atoms. The van der Waals surface area contributed by atoms with E-state index in [9.17, 15) is 4.79 Å². The van der Waals surface area contributed by atoms with Crippen molar-refractivity contribution in [1.82, 2.24) is 15.0 Å². The van der Waals surface area contributed by atoms with Crippen molar-refractivity contribution in [2.75, 3.05) is 0 Å². The van der Waals surface area contributed by atoms with Gasteiger partial charge in [-0.25, -0.2) is 4.68 Å². The van der Waals surface area contributed by atoms with E-state index >= 15 is 0 Å². The summed E-state index contributed by atoms with van der Waals surface area (Å²) < 4.78 is 1.84. The second-order valence-electron chi connectivity index (χ2n) is 3.90. The van der Waals surface area contributed by atoms with Gasteiger partial charge >= 0.3 is 0 Å². The van der Waals surface area contributed by atoms with Crippen LogP contribution in [0.15, 0.2) is 12.4 Å². The summed E-state index contributed by atoms with van der Waals surface area (Å²) in [6.45, 7) is 2.17. The number of carbonyl (C=O) groups excluding carboxylic acids is 1. The van der Waals surface area contributed by atoms with Crippen LogP contribution in [-0.4, -0.2) is 20.8 Å². The lowest BCUT2D eigenvalue weighted by Crippen LogP contribution is -2.27. The summed E-state index contributed by atoms with van der Waals surface area (Å²) in [6, 6.07) is 0.240. The molecule has 1 saturated carbocycles. The third-order valence-corrected chi connectivity index (χ3v) is 3.08. The van der Waals surface area contributed by atoms with Crippen molar-refractivity contribution in [3.05, 3.63) is 12.4 Å². The summed E-state index contributed by atoms with van der Waals surface area (Å²) in [5.74, 6) is 0.935. The monoisotopic (exact) mass is 193 g/mol. The van der Waals surface area contributed by atoms with Crippen molar-refractivity contribution < 1.29 is 4.79 Å². The highest BCUT2D eigenvalue weighted by molar-refractivity contribution is 5.79. The molecule has 1 aliphatic carbocycles. The van der Waals surface area contributed by atoms with Crippen molar-refractivity contribution in [3.8, 4) is 0 Å². The highest BCUT2D eigenvalue weighted by Gasteiger charge is 2.29. The SMILES string of the molecule is CCC1CCC(=O)CC1n1ccnn1. The molecule has 4 nitrogen and oxygen atoms in total. The van der Waals surface area contributed by atoms with Crippen LogP contribution in [0.5, 0.6) is 0 Å². The van der Waals surface area contributed by atoms with Crippen LogP contribution in [0.2, 0.25) is 0 Å². The number of carbonyl (C=O) groups is 1. The van der Waals surface area contributed by atoms with Crippen LogP contribution in [0.1, 0.15) is 38.6 Å². The average molecular weight is 193 g/mol. The van der Waals surface area contributed by atoms with E-state index in [-0.39, 0.29) is 6.04 Å². The smallest absolute Gasteiger partial charge is 0.135 e. The van der Waals surface area contributed by atoms with Gasteiger partial charge in [-0.1, -0.05) is 18.6 Å². The average Bonchev–Trinajstić information content (AvgIpc) is 2.70. The van der Waals surface area contributed by atoms with Gasteiger partial charge in [0.15, 0.2) is 0 Å². The number of nitrogens with zero attached hydrogens (tertiary/aromatic N) is 3. The van der Waals surface area contributed by atoms with Crippen LogP contribution >= 0.6 is 0 Å². The molecule has 0 amide bonds. The first-order valence-electron chi connectivity index (χ1n) is 5.18. The lowest BCUT2D eigenvalue weighted by atomic mass is 9.82. The Kier molecular flexibility index (Phi) is 2.61. The lowest BCUT2D eigenvalue weighted by Gasteiger charge is -2.29. The Hall–Kier alpha value is -1.19. The number of ketones is 1. The molecule has 1 aromatic rings. The first-order chi connectivity index (χ1) is 6.81. The standard InChI is InChI=1S/C10H15N3O/c1-2-8-3-4-9(14)7-10(8)13-6-5-11-12-13/h5-6,8,10H,2-4,7H2,1H3. The van der Waals surface area contributed by atoms with Crippen LogP contribution < -0.4 is 0 Å². The molecule has 1 aromatic heterocycles. The summed E-state index contributed by atoms with van der Waals surface area (Å²) in [7, 11) is 0. The van der Waals surface area contributed by atoms with Crippen molar-refractivity contribution in [2.45, 2.75) is 38.6 Å². The van der Waals surface area contributed by atoms with E-state index < -0.39 is 0 Å². The lowest BCUT2D eigenvalue weighted by molar-refractivity contribution is -0.122. The second kappa shape index (κ2) is 3.90.